The van der Waals surface area contributed by atoms with Crippen molar-refractivity contribution in [2.45, 2.75) is 12.8 Å². The molecule has 1 aliphatic rings. The average Bonchev–Trinajstić information content (AvgIpc) is 3.15. The van der Waals surface area contributed by atoms with Crippen LogP contribution in [0.1, 0.15) is 12.8 Å². The first-order valence-electron chi connectivity index (χ1n) is 8.41. The monoisotopic (exact) mass is 394 g/mol. The highest BCUT2D eigenvalue weighted by atomic mass is 32.2. The number of benzene rings is 1. The normalized spacial score (nSPS) is 17.9. The van der Waals surface area contributed by atoms with E-state index in [4.69, 9.17) is 0 Å². The molecule has 1 fully saturated rings. The van der Waals surface area contributed by atoms with Crippen LogP contribution in [0, 0.1) is 5.92 Å². The van der Waals surface area contributed by atoms with Crippen LogP contribution in [0.25, 0.3) is 10.6 Å². The standard InChI is InChI=1S/C17H22N4O3S2/c1-26(23,24)19-11-13-3-2-9-21(12-13)17(22)20-15-6-4-14(5-7-15)16-18-8-10-25-16/h4-8,10,13,19H,2-3,9,11-12H2,1H3,(H,20,22)/t13-/m0/s1. The van der Waals surface area contributed by atoms with Gasteiger partial charge in [-0.25, -0.2) is 22.9 Å². The van der Waals surface area contributed by atoms with Crippen molar-refractivity contribution in [2.24, 2.45) is 5.92 Å². The summed E-state index contributed by atoms with van der Waals surface area (Å²) in [5.41, 5.74) is 1.74. The van der Waals surface area contributed by atoms with E-state index in [-0.39, 0.29) is 11.9 Å². The first-order chi connectivity index (χ1) is 12.4. The van der Waals surface area contributed by atoms with Crippen LogP contribution >= 0.6 is 11.3 Å². The highest BCUT2D eigenvalue weighted by Gasteiger charge is 2.24. The Labute approximate surface area is 157 Å². The molecule has 7 nitrogen and oxygen atoms in total. The fraction of sp³-hybridized carbons (Fsp3) is 0.412. The van der Waals surface area contributed by atoms with Gasteiger partial charge in [0.2, 0.25) is 10.0 Å². The highest BCUT2D eigenvalue weighted by Crippen LogP contribution is 2.24. The van der Waals surface area contributed by atoms with E-state index in [2.05, 4.69) is 15.0 Å². The Balaban J connectivity index is 1.55. The van der Waals surface area contributed by atoms with Crippen molar-refractivity contribution in [1.29, 1.82) is 0 Å². The number of sulfonamides is 1. The van der Waals surface area contributed by atoms with Crippen molar-refractivity contribution in [2.75, 3.05) is 31.2 Å². The van der Waals surface area contributed by atoms with Crippen molar-refractivity contribution in [1.82, 2.24) is 14.6 Å². The van der Waals surface area contributed by atoms with Gasteiger partial charge in [-0.3, -0.25) is 0 Å². The summed E-state index contributed by atoms with van der Waals surface area (Å²) in [5.74, 6) is 0.136. The number of carbonyl (C=O) groups excluding carboxylic acids is 1. The lowest BCUT2D eigenvalue weighted by Gasteiger charge is -2.32. The molecule has 0 aliphatic carbocycles. The average molecular weight is 395 g/mol. The first-order valence-corrected chi connectivity index (χ1v) is 11.2. The molecule has 1 aromatic heterocycles. The molecule has 3 rings (SSSR count). The Morgan fingerprint density at radius 2 is 2.12 bits per heavy atom. The fourth-order valence-corrected chi connectivity index (χ4v) is 4.13. The molecule has 0 bridgehead atoms. The summed E-state index contributed by atoms with van der Waals surface area (Å²) in [4.78, 5) is 18.5. The molecule has 2 aromatic rings. The van der Waals surface area contributed by atoms with Crippen LogP contribution in [0.15, 0.2) is 35.8 Å². The van der Waals surface area contributed by atoms with E-state index in [9.17, 15) is 13.2 Å². The van der Waals surface area contributed by atoms with Gasteiger partial charge in [0, 0.05) is 42.5 Å². The number of urea groups is 1. The van der Waals surface area contributed by atoms with E-state index in [1.54, 1.807) is 22.4 Å². The topological polar surface area (TPSA) is 91.4 Å². The molecule has 2 heterocycles. The Hall–Kier alpha value is -1.97. The molecular weight excluding hydrogens is 372 g/mol. The van der Waals surface area contributed by atoms with Crippen molar-refractivity contribution in [3.05, 3.63) is 35.8 Å². The summed E-state index contributed by atoms with van der Waals surface area (Å²) in [7, 11) is -3.21. The lowest BCUT2D eigenvalue weighted by molar-refractivity contribution is 0.178. The van der Waals surface area contributed by atoms with Gasteiger partial charge in [-0.2, -0.15) is 0 Å². The van der Waals surface area contributed by atoms with Crippen LogP contribution in [0.5, 0.6) is 0 Å². The van der Waals surface area contributed by atoms with Crippen molar-refractivity contribution < 1.29 is 13.2 Å². The number of hydrogen-bond donors (Lipinski definition) is 2. The second-order valence-corrected chi connectivity index (χ2v) is 9.15. The summed E-state index contributed by atoms with van der Waals surface area (Å²) in [6, 6.07) is 7.44. The molecule has 0 radical (unpaired) electrons. The Bertz CT molecular complexity index is 835. The van der Waals surface area contributed by atoms with Crippen molar-refractivity contribution in [3.63, 3.8) is 0 Å². The lowest BCUT2D eigenvalue weighted by atomic mass is 9.99. The summed E-state index contributed by atoms with van der Waals surface area (Å²) >= 11 is 1.57. The number of aromatic nitrogens is 1. The third-order valence-corrected chi connectivity index (χ3v) is 5.77. The number of likely N-dealkylation sites (tertiary alicyclic amines) is 1. The number of anilines is 1. The summed E-state index contributed by atoms with van der Waals surface area (Å²) < 4.78 is 25.0. The third-order valence-electron chi connectivity index (χ3n) is 4.26. The molecule has 1 atom stereocenters. The number of thiazole rings is 1. The molecule has 9 heteroatoms. The minimum absolute atomic E-state index is 0.136. The van der Waals surface area contributed by atoms with Gasteiger partial charge in [-0.15, -0.1) is 11.3 Å². The van der Waals surface area contributed by atoms with E-state index < -0.39 is 10.0 Å². The van der Waals surface area contributed by atoms with Gasteiger partial charge in [0.25, 0.3) is 0 Å². The lowest BCUT2D eigenvalue weighted by Crippen LogP contribution is -2.45. The molecule has 2 N–H and O–H groups in total. The van der Waals surface area contributed by atoms with Crippen LogP contribution in [-0.4, -0.2) is 50.2 Å². The maximum Gasteiger partial charge on any atom is 0.321 e. The van der Waals surface area contributed by atoms with Gasteiger partial charge < -0.3 is 10.2 Å². The van der Waals surface area contributed by atoms with Crippen LogP contribution in [0.4, 0.5) is 10.5 Å². The number of hydrogen-bond acceptors (Lipinski definition) is 5. The maximum atomic E-state index is 12.5. The second-order valence-electron chi connectivity index (χ2n) is 6.42. The Morgan fingerprint density at radius 1 is 1.35 bits per heavy atom. The van der Waals surface area contributed by atoms with Crippen LogP contribution in [0.2, 0.25) is 0 Å². The largest absolute Gasteiger partial charge is 0.324 e. The van der Waals surface area contributed by atoms with Crippen molar-refractivity contribution in [3.8, 4) is 10.6 Å². The van der Waals surface area contributed by atoms with Gasteiger partial charge in [0.05, 0.1) is 6.26 Å². The van der Waals surface area contributed by atoms with E-state index in [0.717, 1.165) is 35.4 Å². The Kier molecular flexibility index (Phi) is 5.90. The maximum absolute atomic E-state index is 12.5. The SMILES string of the molecule is CS(=O)(=O)NC[C@@H]1CCCN(C(=O)Nc2ccc(-c3nccs3)cc2)C1. The van der Waals surface area contributed by atoms with Crippen LogP contribution in [0.3, 0.4) is 0 Å². The third kappa shape index (κ3) is 5.26. The molecule has 140 valence electrons. The molecule has 1 aromatic carbocycles. The zero-order chi connectivity index (χ0) is 18.6. The molecule has 0 spiro atoms. The quantitative estimate of drug-likeness (QED) is 0.815. The van der Waals surface area contributed by atoms with E-state index in [1.165, 1.54) is 0 Å². The highest BCUT2D eigenvalue weighted by molar-refractivity contribution is 7.88. The number of piperidine rings is 1. The minimum atomic E-state index is -3.21. The van der Waals surface area contributed by atoms with E-state index in [0.29, 0.717) is 19.6 Å². The minimum Gasteiger partial charge on any atom is -0.324 e. The number of carbonyl (C=O) groups is 1. The summed E-state index contributed by atoms with van der Waals surface area (Å²) in [5, 5.41) is 5.78. The van der Waals surface area contributed by atoms with E-state index in [1.807, 2.05) is 29.6 Å². The number of rotatable bonds is 5. The zero-order valence-corrected chi connectivity index (χ0v) is 16.1. The summed E-state index contributed by atoms with van der Waals surface area (Å²) in [6.45, 7) is 1.59. The fourth-order valence-electron chi connectivity index (χ4n) is 2.95. The molecular formula is C17H22N4O3S2. The van der Waals surface area contributed by atoms with Crippen LogP contribution in [-0.2, 0) is 10.0 Å². The van der Waals surface area contributed by atoms with Gasteiger partial charge in [0.1, 0.15) is 5.01 Å². The molecule has 0 saturated carbocycles. The molecule has 0 unspecified atom stereocenters. The zero-order valence-electron chi connectivity index (χ0n) is 14.5. The van der Waals surface area contributed by atoms with Gasteiger partial charge >= 0.3 is 6.03 Å². The predicted octanol–water partition coefficient (Wildman–Crippen LogP) is 2.60. The van der Waals surface area contributed by atoms with Gasteiger partial charge in [0.15, 0.2) is 0 Å². The number of nitrogens with one attached hydrogen (secondary N) is 2. The number of amides is 2. The van der Waals surface area contributed by atoms with Gasteiger partial charge in [-0.1, -0.05) is 0 Å². The Morgan fingerprint density at radius 3 is 2.77 bits per heavy atom. The first kappa shape index (κ1) is 18.8. The molecule has 26 heavy (non-hydrogen) atoms. The predicted molar refractivity (Wildman–Crippen MR) is 104 cm³/mol. The summed E-state index contributed by atoms with van der Waals surface area (Å²) in [6.07, 6.45) is 4.69. The number of nitrogens with zero attached hydrogens (tertiary/aromatic N) is 2. The molecule has 1 saturated heterocycles. The van der Waals surface area contributed by atoms with Crippen LogP contribution < -0.4 is 10.0 Å². The smallest absolute Gasteiger partial charge is 0.321 e. The van der Waals surface area contributed by atoms with Crippen molar-refractivity contribution >= 4 is 33.1 Å². The second kappa shape index (κ2) is 8.15. The van der Waals surface area contributed by atoms with Gasteiger partial charge in [-0.05, 0) is 43.0 Å². The molecule has 2 amide bonds. The van der Waals surface area contributed by atoms with E-state index >= 15 is 0 Å². The molecule has 1 aliphatic heterocycles.